The summed E-state index contributed by atoms with van der Waals surface area (Å²) in [5.41, 5.74) is 6.04. The Balaban J connectivity index is 1.94. The average Bonchev–Trinajstić information content (AvgIpc) is 2.90. The molecule has 0 radical (unpaired) electrons. The van der Waals surface area contributed by atoms with E-state index in [1.165, 1.54) is 4.90 Å². The minimum atomic E-state index is -0.359. The van der Waals surface area contributed by atoms with Gasteiger partial charge in [-0.15, -0.1) is 11.8 Å². The first-order chi connectivity index (χ1) is 16.7. The molecule has 1 N–H and O–H groups in total. The smallest absolute Gasteiger partial charge is 0.340 e. The van der Waals surface area contributed by atoms with Crippen LogP contribution in [0.3, 0.4) is 0 Å². The Labute approximate surface area is 205 Å². The van der Waals surface area contributed by atoms with E-state index >= 15 is 0 Å². The van der Waals surface area contributed by atoms with Gasteiger partial charge in [-0.2, -0.15) is 0 Å². The third kappa shape index (κ3) is 5.24. The Kier molecular flexibility index (Phi) is 7.84. The van der Waals surface area contributed by atoms with Crippen LogP contribution in [-0.2, 0) is 9.53 Å². The molecule has 0 bridgehead atoms. The van der Waals surface area contributed by atoms with Gasteiger partial charge in [-0.25, -0.2) is 4.79 Å². The fourth-order valence-electron chi connectivity index (χ4n) is 3.88. The van der Waals surface area contributed by atoms with Gasteiger partial charge in [0.25, 0.3) is 0 Å². The number of carbonyl (C=O) groups excluding carboxylic acids is 1. The van der Waals surface area contributed by atoms with Crippen LogP contribution >= 0.6 is 11.8 Å². The number of benzene rings is 4. The summed E-state index contributed by atoms with van der Waals surface area (Å²) in [5, 5.41) is 3.62. The number of hydrogen-bond donors (Lipinski definition) is 1. The lowest BCUT2D eigenvalue weighted by Gasteiger charge is -2.20. The van der Waals surface area contributed by atoms with Gasteiger partial charge < -0.3 is 10.1 Å². The van der Waals surface area contributed by atoms with Gasteiger partial charge in [-0.3, -0.25) is 0 Å². The number of esters is 1. The first-order valence-corrected chi connectivity index (χ1v) is 12.5. The lowest BCUT2D eigenvalue weighted by molar-refractivity contribution is -0.136. The van der Waals surface area contributed by atoms with Gasteiger partial charge in [0.15, 0.2) is 0 Å². The SMILES string of the molecule is CCOC(=O)/C(=C(\Nc1ccccc1-c1ccccc1SC)c1ccccc1)c1ccccc1. The highest BCUT2D eigenvalue weighted by Gasteiger charge is 2.21. The van der Waals surface area contributed by atoms with Crippen LogP contribution in [0.25, 0.3) is 22.4 Å². The molecular formula is C30H27NO2S. The first kappa shape index (κ1) is 23.4. The van der Waals surface area contributed by atoms with Gasteiger partial charge in [0, 0.05) is 16.1 Å². The number of thioether (sulfide) groups is 1. The van der Waals surface area contributed by atoms with Crippen molar-refractivity contribution < 1.29 is 9.53 Å². The van der Waals surface area contributed by atoms with Crippen LogP contribution in [0.4, 0.5) is 5.69 Å². The normalized spacial score (nSPS) is 11.5. The minimum absolute atomic E-state index is 0.301. The molecule has 0 aliphatic heterocycles. The van der Waals surface area contributed by atoms with E-state index in [2.05, 4.69) is 35.8 Å². The molecule has 0 unspecified atom stereocenters. The average molecular weight is 466 g/mol. The van der Waals surface area contributed by atoms with E-state index in [0.717, 1.165) is 27.9 Å². The molecule has 0 fully saturated rings. The molecule has 0 aromatic heterocycles. The van der Waals surface area contributed by atoms with E-state index in [0.29, 0.717) is 17.9 Å². The number of para-hydroxylation sites is 1. The van der Waals surface area contributed by atoms with Crippen LogP contribution in [-0.4, -0.2) is 18.8 Å². The van der Waals surface area contributed by atoms with Crippen molar-refractivity contribution in [2.45, 2.75) is 11.8 Å². The number of ether oxygens (including phenoxy) is 1. The van der Waals surface area contributed by atoms with Crippen molar-refractivity contribution in [2.75, 3.05) is 18.2 Å². The lowest BCUT2D eigenvalue weighted by Crippen LogP contribution is -2.13. The van der Waals surface area contributed by atoms with Crippen molar-refractivity contribution in [3.05, 3.63) is 120 Å². The highest BCUT2D eigenvalue weighted by atomic mass is 32.2. The molecule has 34 heavy (non-hydrogen) atoms. The second-order valence-electron chi connectivity index (χ2n) is 7.57. The summed E-state index contributed by atoms with van der Waals surface area (Å²) in [5.74, 6) is -0.359. The van der Waals surface area contributed by atoms with Crippen molar-refractivity contribution in [1.29, 1.82) is 0 Å². The predicted octanol–water partition coefficient (Wildman–Crippen LogP) is 7.62. The zero-order chi connectivity index (χ0) is 23.8. The summed E-state index contributed by atoms with van der Waals surface area (Å²) in [4.78, 5) is 14.5. The van der Waals surface area contributed by atoms with Crippen LogP contribution in [0.15, 0.2) is 114 Å². The fourth-order valence-corrected chi connectivity index (χ4v) is 4.50. The predicted molar refractivity (Wildman–Crippen MR) is 144 cm³/mol. The molecule has 4 heteroatoms. The number of anilines is 1. The minimum Gasteiger partial charge on any atom is -0.462 e. The number of hydrogen-bond acceptors (Lipinski definition) is 4. The van der Waals surface area contributed by atoms with E-state index in [1.807, 2.05) is 91.9 Å². The number of nitrogens with one attached hydrogen (secondary N) is 1. The van der Waals surface area contributed by atoms with E-state index in [9.17, 15) is 4.79 Å². The molecule has 0 aliphatic carbocycles. The Bertz CT molecular complexity index is 1280. The summed E-state index contributed by atoms with van der Waals surface area (Å²) < 4.78 is 5.51. The second-order valence-corrected chi connectivity index (χ2v) is 8.42. The Morgan fingerprint density at radius 1 is 0.735 bits per heavy atom. The fraction of sp³-hybridized carbons (Fsp3) is 0.100. The zero-order valence-electron chi connectivity index (χ0n) is 19.3. The van der Waals surface area contributed by atoms with Gasteiger partial charge >= 0.3 is 5.97 Å². The van der Waals surface area contributed by atoms with Crippen molar-refractivity contribution in [3.8, 4) is 11.1 Å². The zero-order valence-corrected chi connectivity index (χ0v) is 20.1. The maximum Gasteiger partial charge on any atom is 0.340 e. The van der Waals surface area contributed by atoms with Crippen molar-refractivity contribution in [3.63, 3.8) is 0 Å². The first-order valence-electron chi connectivity index (χ1n) is 11.2. The molecule has 0 saturated carbocycles. The highest BCUT2D eigenvalue weighted by molar-refractivity contribution is 7.98. The molecule has 0 saturated heterocycles. The number of carbonyl (C=O) groups is 1. The van der Waals surface area contributed by atoms with Gasteiger partial charge in [-0.05, 0) is 42.0 Å². The molecule has 0 heterocycles. The van der Waals surface area contributed by atoms with Crippen LogP contribution in [0.1, 0.15) is 18.1 Å². The topological polar surface area (TPSA) is 38.3 Å². The standard InChI is InChI=1S/C30H27NO2S/c1-3-33-30(32)28(22-14-6-4-7-15-22)29(23-16-8-5-9-17-23)31-26-20-12-10-18-24(26)25-19-11-13-21-27(25)34-2/h4-21,31H,3H2,1-2H3/b29-28-. The monoisotopic (exact) mass is 465 g/mol. The van der Waals surface area contributed by atoms with Crippen LogP contribution in [0.2, 0.25) is 0 Å². The van der Waals surface area contributed by atoms with E-state index in [-0.39, 0.29) is 5.97 Å². The molecule has 4 aromatic rings. The largest absolute Gasteiger partial charge is 0.462 e. The van der Waals surface area contributed by atoms with Crippen LogP contribution < -0.4 is 5.32 Å². The Hall–Kier alpha value is -3.76. The highest BCUT2D eigenvalue weighted by Crippen LogP contribution is 2.37. The van der Waals surface area contributed by atoms with Crippen molar-refractivity contribution in [1.82, 2.24) is 0 Å². The third-order valence-corrected chi connectivity index (χ3v) is 6.23. The molecule has 0 aliphatic rings. The second kappa shape index (κ2) is 11.4. The van der Waals surface area contributed by atoms with E-state index in [1.54, 1.807) is 11.8 Å². The van der Waals surface area contributed by atoms with Crippen LogP contribution in [0, 0.1) is 0 Å². The van der Waals surface area contributed by atoms with Gasteiger partial charge in [0.2, 0.25) is 0 Å². The summed E-state index contributed by atoms with van der Waals surface area (Å²) in [6.07, 6.45) is 2.08. The lowest BCUT2D eigenvalue weighted by atomic mass is 9.97. The van der Waals surface area contributed by atoms with Gasteiger partial charge in [-0.1, -0.05) is 97.1 Å². The molecule has 170 valence electrons. The maximum absolute atomic E-state index is 13.3. The van der Waals surface area contributed by atoms with Gasteiger partial charge in [0.1, 0.15) is 0 Å². The van der Waals surface area contributed by atoms with Crippen molar-refractivity contribution >= 4 is 34.7 Å². The van der Waals surface area contributed by atoms with Crippen LogP contribution in [0.5, 0.6) is 0 Å². The van der Waals surface area contributed by atoms with Crippen molar-refractivity contribution in [2.24, 2.45) is 0 Å². The molecule has 0 spiro atoms. The van der Waals surface area contributed by atoms with Gasteiger partial charge in [0.05, 0.1) is 17.9 Å². The Morgan fingerprint density at radius 2 is 1.29 bits per heavy atom. The maximum atomic E-state index is 13.3. The van der Waals surface area contributed by atoms with E-state index < -0.39 is 0 Å². The molecule has 4 aromatic carbocycles. The summed E-state index contributed by atoms with van der Waals surface area (Å²) in [6.45, 7) is 2.12. The quantitative estimate of drug-likeness (QED) is 0.126. The molecule has 0 amide bonds. The number of rotatable bonds is 8. The third-order valence-electron chi connectivity index (χ3n) is 5.44. The molecule has 3 nitrogen and oxygen atoms in total. The summed E-state index contributed by atoms with van der Waals surface area (Å²) in [6, 6.07) is 36.1. The summed E-state index contributed by atoms with van der Waals surface area (Å²) in [7, 11) is 0. The Morgan fingerprint density at radius 3 is 1.94 bits per heavy atom. The molecule has 0 atom stereocenters. The summed E-state index contributed by atoms with van der Waals surface area (Å²) >= 11 is 1.71. The van der Waals surface area contributed by atoms with E-state index in [4.69, 9.17) is 4.74 Å². The molecule has 4 rings (SSSR count). The molecular weight excluding hydrogens is 438 g/mol.